The van der Waals surface area contributed by atoms with Gasteiger partial charge in [-0.15, -0.1) is 0 Å². The van der Waals surface area contributed by atoms with E-state index in [1.54, 1.807) is 0 Å². The molecule has 0 N–H and O–H groups in total. The molecule has 0 fully saturated rings. The Kier molecular flexibility index (Phi) is 25.3. The molecule has 0 bridgehead atoms. The van der Waals surface area contributed by atoms with Gasteiger partial charge in [0.05, 0.1) is 0 Å². The molecule has 51 heavy (non-hydrogen) atoms. The van der Waals surface area contributed by atoms with Crippen LogP contribution in [0.1, 0.15) is 204 Å². The normalized spacial score (nSPS) is 12.8. The van der Waals surface area contributed by atoms with Crippen molar-refractivity contribution in [2.45, 2.75) is 188 Å². The third-order valence-electron chi connectivity index (χ3n) is 10.2. The summed E-state index contributed by atoms with van der Waals surface area (Å²) in [5, 5.41) is 0. The molecule has 0 heterocycles. The number of esters is 2. The average molecular weight is 757 g/mol. The summed E-state index contributed by atoms with van der Waals surface area (Å²) in [7, 11) is -4.35. The Balaban J connectivity index is 3.43. The van der Waals surface area contributed by atoms with Gasteiger partial charge in [-0.2, -0.15) is 0 Å². The van der Waals surface area contributed by atoms with E-state index in [4.69, 9.17) is 13.4 Å². The molecule has 1 rings (SSSR count). The van der Waals surface area contributed by atoms with E-state index < -0.39 is 28.9 Å². The topological polar surface area (TPSA) is 96.0 Å². The summed E-state index contributed by atoms with van der Waals surface area (Å²) in [6, 6.07) is 4.06. The van der Waals surface area contributed by atoms with Crippen LogP contribution in [0.3, 0.4) is 0 Å². The number of benzene rings is 1. The summed E-state index contributed by atoms with van der Waals surface area (Å²) in [4.78, 5) is 26.1. The number of hydrogen-bond acceptors (Lipinski definition) is 7. The van der Waals surface area contributed by atoms with Crippen LogP contribution < -0.4 is 0 Å². The van der Waals surface area contributed by atoms with E-state index in [-0.39, 0.29) is 29.2 Å². The molecule has 0 atom stereocenters. The molecule has 1 aromatic carbocycles. The quantitative estimate of drug-likeness (QED) is 0.0400. The van der Waals surface area contributed by atoms with Crippen LogP contribution in [0.4, 0.5) is 0 Å². The van der Waals surface area contributed by atoms with E-state index in [1.807, 2.05) is 13.8 Å². The molecule has 0 radical (unpaired) electrons. The Morgan fingerprint density at radius 1 is 0.471 bits per heavy atom. The standard InChI is InChI=1S/C42H77O7PS/c1-7-13-19-20-21-22-23-24-25-26-27-28-34-50(31-16-10-4,32-17-11-5,33-18-12-6)49-51(45,46)40-36-38(41(43)47-29-14-8-2)35-39(37-40)42(44)48-30-15-9-3/h35-37H,7-34H2,1-6H3. The fraction of sp³-hybridized carbons (Fsp3) is 0.810. The number of rotatable bonds is 33. The van der Waals surface area contributed by atoms with Gasteiger partial charge in [0.2, 0.25) is 0 Å². The summed E-state index contributed by atoms with van der Waals surface area (Å²) < 4.78 is 47.1. The van der Waals surface area contributed by atoms with Gasteiger partial charge in [-0.3, -0.25) is 0 Å². The Morgan fingerprint density at radius 3 is 1.18 bits per heavy atom. The summed E-state index contributed by atoms with van der Waals surface area (Å²) in [6.07, 6.45) is 26.9. The zero-order valence-electron chi connectivity index (χ0n) is 33.7. The van der Waals surface area contributed by atoms with Crippen LogP contribution in [0.2, 0.25) is 0 Å². The van der Waals surface area contributed by atoms with Gasteiger partial charge in [0.25, 0.3) is 0 Å². The van der Waals surface area contributed by atoms with Crippen LogP contribution >= 0.6 is 6.83 Å². The van der Waals surface area contributed by atoms with Gasteiger partial charge in [-0.25, -0.2) is 0 Å². The van der Waals surface area contributed by atoms with E-state index >= 15 is 0 Å². The maximum absolute atomic E-state index is 14.6. The minimum absolute atomic E-state index is 0.0233. The van der Waals surface area contributed by atoms with E-state index in [1.165, 1.54) is 76.0 Å². The van der Waals surface area contributed by atoms with Crippen LogP contribution in [0.5, 0.6) is 0 Å². The molecule has 0 aliphatic carbocycles. The van der Waals surface area contributed by atoms with Gasteiger partial charge in [0.15, 0.2) is 0 Å². The monoisotopic (exact) mass is 757 g/mol. The fourth-order valence-corrected chi connectivity index (χ4v) is 16.9. The molecule has 0 spiro atoms. The predicted molar refractivity (Wildman–Crippen MR) is 217 cm³/mol. The van der Waals surface area contributed by atoms with Crippen LogP contribution in [-0.2, 0) is 23.6 Å². The summed E-state index contributed by atoms with van der Waals surface area (Å²) >= 11 is 0. The van der Waals surface area contributed by atoms with Crippen LogP contribution in [0.25, 0.3) is 0 Å². The van der Waals surface area contributed by atoms with Crippen LogP contribution in [0.15, 0.2) is 23.1 Å². The van der Waals surface area contributed by atoms with Crippen molar-refractivity contribution in [3.05, 3.63) is 29.3 Å². The molecular formula is C42H77O7PS. The molecule has 7 nitrogen and oxygen atoms in total. The van der Waals surface area contributed by atoms with E-state index in [0.717, 1.165) is 95.3 Å². The Morgan fingerprint density at radius 2 is 0.804 bits per heavy atom. The van der Waals surface area contributed by atoms with E-state index in [9.17, 15) is 18.0 Å². The first-order valence-electron chi connectivity index (χ1n) is 21.0. The Bertz CT molecular complexity index is 1130. The molecule has 0 amide bonds. The second-order valence-electron chi connectivity index (χ2n) is 15.0. The third kappa shape index (κ3) is 18.4. The molecule has 0 aliphatic rings. The zero-order valence-corrected chi connectivity index (χ0v) is 35.5. The fourth-order valence-electron chi connectivity index (χ4n) is 6.93. The van der Waals surface area contributed by atoms with E-state index in [0.29, 0.717) is 12.8 Å². The van der Waals surface area contributed by atoms with Crippen molar-refractivity contribution >= 4 is 28.9 Å². The van der Waals surface area contributed by atoms with Gasteiger partial charge >= 0.3 is 302 Å². The average Bonchev–Trinajstić information content (AvgIpc) is 3.12. The van der Waals surface area contributed by atoms with Crippen molar-refractivity contribution < 1.29 is 31.5 Å². The van der Waals surface area contributed by atoms with Crippen molar-refractivity contribution in [1.82, 2.24) is 0 Å². The molecular weight excluding hydrogens is 679 g/mol. The summed E-state index contributed by atoms with van der Waals surface area (Å²) in [5.41, 5.74) is 0.0466. The molecule has 0 saturated heterocycles. The second-order valence-corrected chi connectivity index (χ2v) is 22.4. The van der Waals surface area contributed by atoms with Gasteiger partial charge < -0.3 is 0 Å². The number of unbranched alkanes of at least 4 members (excludes halogenated alkanes) is 16. The van der Waals surface area contributed by atoms with Crippen LogP contribution in [0, 0.1) is 0 Å². The Labute approximate surface area is 314 Å². The Hall–Kier alpha value is -1.50. The molecule has 1 aromatic rings. The van der Waals surface area contributed by atoms with Crippen molar-refractivity contribution in [2.24, 2.45) is 0 Å². The molecule has 0 aliphatic heterocycles. The molecule has 0 saturated carbocycles. The van der Waals surface area contributed by atoms with Crippen molar-refractivity contribution in [3.63, 3.8) is 0 Å². The number of carbonyl (C=O) groups is 2. The van der Waals surface area contributed by atoms with Crippen molar-refractivity contribution in [3.8, 4) is 0 Å². The number of carbonyl (C=O) groups excluding carboxylic acids is 2. The van der Waals surface area contributed by atoms with E-state index in [2.05, 4.69) is 27.7 Å². The first-order valence-corrected chi connectivity index (χ1v) is 25.3. The second kappa shape index (κ2) is 27.1. The zero-order chi connectivity index (χ0) is 37.9. The van der Waals surface area contributed by atoms with Gasteiger partial charge in [-0.1, -0.05) is 13.3 Å². The SMILES string of the molecule is CCCCCCCCCCCCCCP(CCCC)(CCCC)(CCCC)OS(=O)(=O)c1cc(C(=O)OCCCC)cc(C(=O)OCCCC)c1. The summed E-state index contributed by atoms with van der Waals surface area (Å²) in [6.45, 7) is 9.89. The maximum atomic E-state index is 14.6. The number of hydrogen-bond donors (Lipinski definition) is 0. The van der Waals surface area contributed by atoms with Gasteiger partial charge in [0, 0.05) is 0 Å². The van der Waals surface area contributed by atoms with Gasteiger partial charge in [-0.05, 0) is 0 Å². The minimum atomic E-state index is -4.35. The molecule has 298 valence electrons. The molecule has 0 aromatic heterocycles. The molecule has 9 heteroatoms. The third-order valence-corrected chi connectivity index (χ3v) is 19.3. The van der Waals surface area contributed by atoms with Gasteiger partial charge in [0.1, 0.15) is 0 Å². The van der Waals surface area contributed by atoms with Crippen LogP contribution in [-0.4, -0.2) is 58.2 Å². The van der Waals surface area contributed by atoms with Crippen molar-refractivity contribution in [2.75, 3.05) is 37.9 Å². The van der Waals surface area contributed by atoms with Crippen molar-refractivity contribution in [1.29, 1.82) is 0 Å². The summed E-state index contributed by atoms with van der Waals surface area (Å²) in [5.74, 6) is -1.31. The first-order chi connectivity index (χ1) is 24.6. The first kappa shape index (κ1) is 47.5. The number of ether oxygens (including phenoxy) is 2. The molecule has 0 unspecified atom stereocenters. The predicted octanol–water partition coefficient (Wildman–Crippen LogP) is 12.9.